The summed E-state index contributed by atoms with van der Waals surface area (Å²) in [7, 11) is 0. The number of carbonyl (C=O) groups is 2. The molecule has 1 aliphatic carbocycles. The first-order valence-electron chi connectivity index (χ1n) is 7.31. The summed E-state index contributed by atoms with van der Waals surface area (Å²) in [4.78, 5) is 22.9. The predicted molar refractivity (Wildman–Crippen MR) is 76.1 cm³/mol. The summed E-state index contributed by atoms with van der Waals surface area (Å²) >= 11 is 0. The van der Waals surface area contributed by atoms with Crippen molar-refractivity contribution in [2.24, 2.45) is 5.92 Å². The van der Waals surface area contributed by atoms with E-state index in [0.29, 0.717) is 17.9 Å². The zero-order valence-corrected chi connectivity index (χ0v) is 11.8. The van der Waals surface area contributed by atoms with Gasteiger partial charge in [-0.05, 0) is 30.0 Å². The van der Waals surface area contributed by atoms with Gasteiger partial charge >= 0.3 is 5.97 Å². The molecule has 0 aromatic heterocycles. The third-order valence-corrected chi connectivity index (χ3v) is 3.99. The van der Waals surface area contributed by atoms with Crippen LogP contribution < -0.4 is 5.32 Å². The number of rotatable bonds is 7. The van der Waals surface area contributed by atoms with Crippen LogP contribution in [0.25, 0.3) is 0 Å². The van der Waals surface area contributed by atoms with Crippen LogP contribution in [0.4, 0.5) is 4.39 Å². The molecule has 0 bridgehead atoms. The molecule has 0 saturated heterocycles. The smallest absolute Gasteiger partial charge is 0.305 e. The summed E-state index contributed by atoms with van der Waals surface area (Å²) in [5.41, 5.74) is 0.607. The van der Waals surface area contributed by atoms with Gasteiger partial charge < -0.3 is 10.4 Å². The molecule has 1 saturated carbocycles. The van der Waals surface area contributed by atoms with Gasteiger partial charge in [-0.3, -0.25) is 9.59 Å². The molecule has 0 radical (unpaired) electrons. The van der Waals surface area contributed by atoms with Crippen LogP contribution in [0.15, 0.2) is 24.3 Å². The second-order valence-electron chi connectivity index (χ2n) is 5.61. The van der Waals surface area contributed by atoms with Gasteiger partial charge in [-0.15, -0.1) is 0 Å². The fourth-order valence-corrected chi connectivity index (χ4v) is 2.51. The van der Waals surface area contributed by atoms with Crippen molar-refractivity contribution in [3.8, 4) is 0 Å². The summed E-state index contributed by atoms with van der Waals surface area (Å²) in [6.07, 6.45) is 4.68. The summed E-state index contributed by atoms with van der Waals surface area (Å²) in [6.45, 7) is 0. The SMILES string of the molecule is O=C(O)CC(NC(=O)CCC1CCC1)c1ccc(F)cc1. The third kappa shape index (κ3) is 4.85. The number of benzene rings is 1. The first-order chi connectivity index (χ1) is 10.0. The molecule has 0 spiro atoms. The Labute approximate surface area is 123 Å². The molecule has 0 heterocycles. The minimum atomic E-state index is -0.997. The molecule has 1 aromatic carbocycles. The van der Waals surface area contributed by atoms with E-state index in [1.807, 2.05) is 0 Å². The lowest BCUT2D eigenvalue weighted by Gasteiger charge is -2.25. The molecule has 1 amide bonds. The topological polar surface area (TPSA) is 66.4 Å². The highest BCUT2D eigenvalue weighted by Gasteiger charge is 2.21. The largest absolute Gasteiger partial charge is 0.481 e. The lowest BCUT2D eigenvalue weighted by molar-refractivity contribution is -0.137. The Balaban J connectivity index is 1.93. The van der Waals surface area contributed by atoms with E-state index in [9.17, 15) is 14.0 Å². The van der Waals surface area contributed by atoms with E-state index < -0.39 is 12.0 Å². The van der Waals surface area contributed by atoms with Crippen molar-refractivity contribution in [2.75, 3.05) is 0 Å². The van der Waals surface area contributed by atoms with Crippen LogP contribution in [-0.4, -0.2) is 17.0 Å². The van der Waals surface area contributed by atoms with Gasteiger partial charge in [-0.2, -0.15) is 0 Å². The van der Waals surface area contributed by atoms with Crippen molar-refractivity contribution in [3.05, 3.63) is 35.6 Å². The van der Waals surface area contributed by atoms with Crippen molar-refractivity contribution < 1.29 is 19.1 Å². The van der Waals surface area contributed by atoms with Crippen LogP contribution in [0, 0.1) is 11.7 Å². The molecule has 1 aromatic rings. The number of nitrogens with one attached hydrogen (secondary N) is 1. The molecular weight excluding hydrogens is 273 g/mol. The molecule has 2 N–H and O–H groups in total. The zero-order chi connectivity index (χ0) is 15.2. The quantitative estimate of drug-likeness (QED) is 0.812. The molecule has 0 aliphatic heterocycles. The normalized spacial score (nSPS) is 16.0. The minimum absolute atomic E-state index is 0.141. The Hall–Kier alpha value is -1.91. The Kier molecular flexibility index (Phi) is 5.31. The van der Waals surface area contributed by atoms with Crippen molar-refractivity contribution in [3.63, 3.8) is 0 Å². The molecule has 1 unspecified atom stereocenters. The number of carboxylic acid groups (broad SMARTS) is 1. The Morgan fingerprint density at radius 2 is 1.95 bits per heavy atom. The van der Waals surface area contributed by atoms with Crippen LogP contribution in [0.1, 0.15) is 50.1 Å². The van der Waals surface area contributed by atoms with E-state index in [0.717, 1.165) is 6.42 Å². The van der Waals surface area contributed by atoms with Gasteiger partial charge in [0.25, 0.3) is 0 Å². The summed E-state index contributed by atoms with van der Waals surface area (Å²) in [5, 5.41) is 11.7. The molecule has 114 valence electrons. The maximum absolute atomic E-state index is 12.9. The summed E-state index contributed by atoms with van der Waals surface area (Å²) < 4.78 is 12.9. The van der Waals surface area contributed by atoms with Crippen LogP contribution in [-0.2, 0) is 9.59 Å². The fourth-order valence-electron chi connectivity index (χ4n) is 2.51. The Bertz CT molecular complexity index is 497. The van der Waals surface area contributed by atoms with Crippen LogP contribution >= 0.6 is 0 Å². The van der Waals surface area contributed by atoms with Gasteiger partial charge in [0.2, 0.25) is 5.91 Å². The van der Waals surface area contributed by atoms with Crippen LogP contribution in [0.2, 0.25) is 0 Å². The second kappa shape index (κ2) is 7.20. The highest BCUT2D eigenvalue weighted by Crippen LogP contribution is 2.30. The monoisotopic (exact) mass is 293 g/mol. The van der Waals surface area contributed by atoms with Crippen LogP contribution in [0.3, 0.4) is 0 Å². The van der Waals surface area contributed by atoms with Gasteiger partial charge in [0, 0.05) is 6.42 Å². The molecule has 1 aliphatic rings. The lowest BCUT2D eigenvalue weighted by atomic mass is 9.82. The average Bonchev–Trinajstić information content (AvgIpc) is 2.36. The number of amides is 1. The molecule has 1 atom stereocenters. The van der Waals surface area contributed by atoms with Crippen LogP contribution in [0.5, 0.6) is 0 Å². The minimum Gasteiger partial charge on any atom is -0.481 e. The van der Waals surface area contributed by atoms with Gasteiger partial charge in [-0.1, -0.05) is 31.4 Å². The molecular formula is C16H20FNO3. The number of carboxylic acids is 1. The molecule has 21 heavy (non-hydrogen) atoms. The number of hydrogen-bond donors (Lipinski definition) is 2. The first kappa shape index (κ1) is 15.5. The van der Waals surface area contributed by atoms with E-state index >= 15 is 0 Å². The van der Waals surface area contributed by atoms with E-state index in [-0.39, 0.29) is 18.1 Å². The standard InChI is InChI=1S/C16H20FNO3/c17-13-7-5-12(6-8-13)14(10-16(20)21)18-15(19)9-4-11-2-1-3-11/h5-8,11,14H,1-4,9-10H2,(H,18,19)(H,20,21). The van der Waals surface area contributed by atoms with E-state index in [1.54, 1.807) is 0 Å². The average molecular weight is 293 g/mol. The predicted octanol–water partition coefficient (Wildman–Crippen LogP) is 3.04. The fraction of sp³-hybridized carbons (Fsp3) is 0.500. The number of hydrogen-bond acceptors (Lipinski definition) is 2. The number of carbonyl (C=O) groups excluding carboxylic acids is 1. The van der Waals surface area contributed by atoms with Crippen molar-refractivity contribution in [2.45, 2.75) is 44.6 Å². The highest BCUT2D eigenvalue weighted by molar-refractivity contribution is 5.77. The molecule has 5 heteroatoms. The van der Waals surface area contributed by atoms with Crippen molar-refractivity contribution in [1.29, 1.82) is 0 Å². The van der Waals surface area contributed by atoms with Crippen molar-refractivity contribution >= 4 is 11.9 Å². The van der Waals surface area contributed by atoms with Gasteiger partial charge in [0.15, 0.2) is 0 Å². The van der Waals surface area contributed by atoms with Gasteiger partial charge in [0.05, 0.1) is 12.5 Å². The summed E-state index contributed by atoms with van der Waals surface area (Å²) in [6, 6.07) is 4.94. The zero-order valence-electron chi connectivity index (χ0n) is 11.8. The van der Waals surface area contributed by atoms with Gasteiger partial charge in [0.1, 0.15) is 5.82 Å². The summed E-state index contributed by atoms with van der Waals surface area (Å²) in [5.74, 6) is -0.885. The maximum atomic E-state index is 12.9. The number of aliphatic carboxylic acids is 1. The molecule has 4 nitrogen and oxygen atoms in total. The second-order valence-corrected chi connectivity index (χ2v) is 5.61. The van der Waals surface area contributed by atoms with E-state index in [1.165, 1.54) is 43.5 Å². The van der Waals surface area contributed by atoms with Gasteiger partial charge in [-0.25, -0.2) is 4.39 Å². The number of halogens is 1. The van der Waals surface area contributed by atoms with E-state index in [2.05, 4.69) is 5.32 Å². The highest BCUT2D eigenvalue weighted by atomic mass is 19.1. The first-order valence-corrected chi connectivity index (χ1v) is 7.31. The maximum Gasteiger partial charge on any atom is 0.305 e. The molecule has 2 rings (SSSR count). The van der Waals surface area contributed by atoms with Crippen molar-refractivity contribution in [1.82, 2.24) is 5.32 Å². The Morgan fingerprint density at radius 3 is 2.48 bits per heavy atom. The van der Waals surface area contributed by atoms with E-state index in [4.69, 9.17) is 5.11 Å². The third-order valence-electron chi connectivity index (χ3n) is 3.99. The molecule has 1 fully saturated rings. The lowest BCUT2D eigenvalue weighted by Crippen LogP contribution is -2.30. The Morgan fingerprint density at radius 1 is 1.29 bits per heavy atom.